The average molecular weight is 626 g/mol. The standard InChI is InChI=1S/C34H47N3O8/c1-10-19(4)30(34(41)45-9)37-33(40)26(15-18(2)3)36-25-14-12-22-23(17-27(25)39)24(35-20(5)38)13-11-21-16-28(42-6)31(43-7)32(44-8)29(21)22/h12,14,16-19,24,26,30H,10-11,13,15H2,1-9H3,(H,35,38)(H,36,39)(H,37,40)/t19-,24+,26+,30+/m0/s1. The van der Waals surface area contributed by atoms with Gasteiger partial charge in [0.15, 0.2) is 11.5 Å². The van der Waals surface area contributed by atoms with Crippen LogP contribution in [0.2, 0.25) is 0 Å². The maximum Gasteiger partial charge on any atom is 0.328 e. The first-order chi connectivity index (χ1) is 21.4. The summed E-state index contributed by atoms with van der Waals surface area (Å²) in [5.74, 6) is 0.135. The zero-order valence-corrected chi connectivity index (χ0v) is 27.8. The Balaban J connectivity index is 2.19. The first kappa shape index (κ1) is 35.2. The number of hydrogen-bond donors (Lipinski definition) is 3. The van der Waals surface area contributed by atoms with Crippen LogP contribution in [0, 0.1) is 11.8 Å². The predicted molar refractivity (Wildman–Crippen MR) is 173 cm³/mol. The number of esters is 1. The highest BCUT2D eigenvalue weighted by molar-refractivity contribution is 5.90. The Hall–Kier alpha value is -4.28. The predicted octanol–water partition coefficient (Wildman–Crippen LogP) is 4.39. The molecule has 246 valence electrons. The molecule has 4 atom stereocenters. The maximum atomic E-state index is 13.8. The molecule has 1 aliphatic rings. The van der Waals surface area contributed by atoms with Crippen LogP contribution in [0.25, 0.3) is 11.1 Å². The molecule has 0 unspecified atom stereocenters. The van der Waals surface area contributed by atoms with Gasteiger partial charge in [-0.1, -0.05) is 40.2 Å². The Kier molecular flexibility index (Phi) is 12.2. The minimum absolute atomic E-state index is 0.0976. The summed E-state index contributed by atoms with van der Waals surface area (Å²) in [6, 6.07) is 4.73. The molecule has 0 aromatic heterocycles. The number of hydrogen-bond acceptors (Lipinski definition) is 9. The topological polar surface area (TPSA) is 141 Å². The van der Waals surface area contributed by atoms with Gasteiger partial charge >= 0.3 is 5.97 Å². The Morgan fingerprint density at radius 2 is 1.67 bits per heavy atom. The molecule has 0 bridgehead atoms. The molecular formula is C34H47N3O8. The van der Waals surface area contributed by atoms with Gasteiger partial charge in [-0.25, -0.2) is 4.79 Å². The van der Waals surface area contributed by atoms with E-state index < -0.39 is 30.0 Å². The molecular weight excluding hydrogens is 578 g/mol. The fourth-order valence-corrected chi connectivity index (χ4v) is 5.77. The minimum atomic E-state index is -0.826. The molecule has 1 aliphatic carbocycles. The molecule has 2 aromatic rings. The Morgan fingerprint density at radius 3 is 2.22 bits per heavy atom. The second-order valence-corrected chi connectivity index (χ2v) is 11.8. The van der Waals surface area contributed by atoms with Crippen molar-refractivity contribution in [3.05, 3.63) is 45.6 Å². The Labute approximate surface area is 265 Å². The number of fused-ring (bicyclic) bond motifs is 3. The van der Waals surface area contributed by atoms with E-state index in [2.05, 4.69) is 16.0 Å². The number of nitrogens with one attached hydrogen (secondary N) is 3. The largest absolute Gasteiger partial charge is 0.493 e. The lowest BCUT2D eigenvalue weighted by atomic mass is 9.95. The normalized spacial score (nSPS) is 15.7. The van der Waals surface area contributed by atoms with Crippen molar-refractivity contribution in [3.8, 4) is 28.4 Å². The first-order valence-corrected chi connectivity index (χ1v) is 15.3. The van der Waals surface area contributed by atoms with E-state index in [1.807, 2.05) is 33.8 Å². The van der Waals surface area contributed by atoms with Crippen LogP contribution in [0.15, 0.2) is 29.1 Å². The molecule has 3 N–H and O–H groups in total. The molecule has 11 heteroatoms. The van der Waals surface area contributed by atoms with E-state index in [1.165, 1.54) is 27.2 Å². The quantitative estimate of drug-likeness (QED) is 0.276. The number of ether oxygens (including phenoxy) is 4. The van der Waals surface area contributed by atoms with E-state index in [0.717, 1.165) is 11.1 Å². The molecule has 0 aliphatic heterocycles. The minimum Gasteiger partial charge on any atom is -0.493 e. The molecule has 0 heterocycles. The third-order valence-corrected chi connectivity index (χ3v) is 8.24. The van der Waals surface area contributed by atoms with Crippen LogP contribution >= 0.6 is 0 Å². The molecule has 45 heavy (non-hydrogen) atoms. The van der Waals surface area contributed by atoms with Gasteiger partial charge in [-0.05, 0) is 66.0 Å². The number of aryl methyl sites for hydroxylation is 1. The van der Waals surface area contributed by atoms with Crippen molar-refractivity contribution in [3.63, 3.8) is 0 Å². The van der Waals surface area contributed by atoms with Crippen molar-refractivity contribution in [1.29, 1.82) is 0 Å². The third-order valence-electron chi connectivity index (χ3n) is 8.24. The van der Waals surface area contributed by atoms with E-state index in [4.69, 9.17) is 18.9 Å². The molecule has 11 nitrogen and oxygen atoms in total. The van der Waals surface area contributed by atoms with Gasteiger partial charge in [-0.2, -0.15) is 0 Å². The molecule has 0 saturated carbocycles. The summed E-state index contributed by atoms with van der Waals surface area (Å²) in [7, 11) is 5.91. The van der Waals surface area contributed by atoms with Crippen LogP contribution in [0.5, 0.6) is 17.2 Å². The second kappa shape index (κ2) is 15.6. The lowest BCUT2D eigenvalue weighted by Gasteiger charge is -2.26. The van der Waals surface area contributed by atoms with Crippen LogP contribution in [0.1, 0.15) is 71.0 Å². The number of methoxy groups -OCH3 is 4. The van der Waals surface area contributed by atoms with Crippen molar-refractivity contribution >= 4 is 23.5 Å². The molecule has 2 aromatic carbocycles. The lowest BCUT2D eigenvalue weighted by Crippen LogP contribution is -2.51. The van der Waals surface area contributed by atoms with Gasteiger partial charge in [0.25, 0.3) is 0 Å². The summed E-state index contributed by atoms with van der Waals surface area (Å²) >= 11 is 0. The lowest BCUT2D eigenvalue weighted by molar-refractivity contribution is -0.146. The van der Waals surface area contributed by atoms with Crippen LogP contribution < -0.4 is 35.6 Å². The number of anilines is 1. The summed E-state index contributed by atoms with van der Waals surface area (Å²) in [4.78, 5) is 52.2. The summed E-state index contributed by atoms with van der Waals surface area (Å²) in [5, 5.41) is 9.01. The van der Waals surface area contributed by atoms with Gasteiger partial charge in [0.05, 0.1) is 40.2 Å². The highest BCUT2D eigenvalue weighted by atomic mass is 16.5. The molecule has 0 fully saturated rings. The van der Waals surface area contributed by atoms with E-state index in [1.54, 1.807) is 26.4 Å². The van der Waals surface area contributed by atoms with E-state index in [9.17, 15) is 19.2 Å². The first-order valence-electron chi connectivity index (χ1n) is 15.3. The van der Waals surface area contributed by atoms with Crippen LogP contribution in [0.3, 0.4) is 0 Å². The molecule has 0 spiro atoms. The van der Waals surface area contributed by atoms with Crippen LogP contribution in [-0.4, -0.2) is 58.3 Å². The molecule has 0 saturated heterocycles. The van der Waals surface area contributed by atoms with Crippen molar-refractivity contribution in [2.24, 2.45) is 11.8 Å². The fraction of sp³-hybridized carbons (Fsp3) is 0.529. The summed E-state index contributed by atoms with van der Waals surface area (Å²) < 4.78 is 22.1. The monoisotopic (exact) mass is 625 g/mol. The zero-order valence-electron chi connectivity index (χ0n) is 27.8. The molecule has 0 radical (unpaired) electrons. The number of rotatable bonds is 13. The number of carbonyl (C=O) groups excluding carboxylic acids is 3. The molecule has 3 rings (SSSR count). The van der Waals surface area contributed by atoms with Crippen LogP contribution in [-0.2, 0) is 25.5 Å². The van der Waals surface area contributed by atoms with Gasteiger partial charge in [0, 0.05) is 12.5 Å². The SMILES string of the molecule is CC[C@H](C)[C@@H](NC(=O)[C@@H](CC(C)C)Nc1ccc2c(cc1=O)[C@H](NC(C)=O)CCc1cc(OC)c(OC)c(OC)c1-2)C(=O)OC. The van der Waals surface area contributed by atoms with E-state index >= 15 is 0 Å². The van der Waals surface area contributed by atoms with Crippen molar-refractivity contribution in [2.75, 3.05) is 33.8 Å². The average Bonchev–Trinajstić information content (AvgIpc) is 3.25. The van der Waals surface area contributed by atoms with Gasteiger partial charge < -0.3 is 34.9 Å². The van der Waals surface area contributed by atoms with Crippen molar-refractivity contribution in [1.82, 2.24) is 10.6 Å². The maximum absolute atomic E-state index is 13.8. The second-order valence-electron chi connectivity index (χ2n) is 11.8. The van der Waals surface area contributed by atoms with Gasteiger partial charge in [-0.15, -0.1) is 0 Å². The Morgan fingerprint density at radius 1 is 0.978 bits per heavy atom. The fourth-order valence-electron chi connectivity index (χ4n) is 5.77. The van der Waals surface area contributed by atoms with Gasteiger partial charge in [0.1, 0.15) is 12.1 Å². The van der Waals surface area contributed by atoms with Gasteiger partial charge in [0.2, 0.25) is 23.0 Å². The summed E-state index contributed by atoms with van der Waals surface area (Å²) in [6.07, 6.45) is 2.15. The third kappa shape index (κ3) is 8.06. The van der Waals surface area contributed by atoms with Crippen molar-refractivity contribution < 1.29 is 33.3 Å². The smallest absolute Gasteiger partial charge is 0.328 e. The van der Waals surface area contributed by atoms with Crippen LogP contribution in [0.4, 0.5) is 5.69 Å². The number of carbonyl (C=O) groups is 3. The highest BCUT2D eigenvalue weighted by Crippen LogP contribution is 2.50. The summed E-state index contributed by atoms with van der Waals surface area (Å²) in [5.41, 5.74) is 2.76. The van der Waals surface area contributed by atoms with Crippen molar-refractivity contribution in [2.45, 2.75) is 78.4 Å². The number of benzene rings is 1. The zero-order chi connectivity index (χ0) is 33.4. The Bertz CT molecular complexity index is 1460. The van der Waals surface area contributed by atoms with Gasteiger partial charge in [-0.3, -0.25) is 14.4 Å². The van der Waals surface area contributed by atoms with E-state index in [-0.39, 0.29) is 28.9 Å². The van der Waals surface area contributed by atoms with E-state index in [0.29, 0.717) is 54.1 Å². The summed E-state index contributed by atoms with van der Waals surface area (Å²) in [6.45, 7) is 9.19. The number of amides is 2. The molecule has 2 amide bonds. The highest BCUT2D eigenvalue weighted by Gasteiger charge is 2.32.